The quantitative estimate of drug-likeness (QED) is 0.636. The molecule has 0 aliphatic rings. The van der Waals surface area contributed by atoms with Gasteiger partial charge in [0.15, 0.2) is 0 Å². The van der Waals surface area contributed by atoms with Gasteiger partial charge in [-0.1, -0.05) is 11.6 Å². The highest BCUT2D eigenvalue weighted by molar-refractivity contribution is 6.31. The Labute approximate surface area is 97.1 Å². The molecule has 1 aromatic carbocycles. The van der Waals surface area contributed by atoms with Crippen LogP contribution in [0.25, 0.3) is 0 Å². The Bertz CT molecular complexity index is 528. The molecule has 0 fully saturated rings. The van der Waals surface area contributed by atoms with Crippen molar-refractivity contribution in [1.82, 2.24) is 9.97 Å². The molecule has 0 spiro atoms. The Morgan fingerprint density at radius 3 is 2.75 bits per heavy atom. The van der Waals surface area contributed by atoms with E-state index in [0.29, 0.717) is 16.3 Å². The monoisotopic (exact) mass is 233 g/mol. The second-order valence-corrected chi connectivity index (χ2v) is 3.59. The van der Waals surface area contributed by atoms with Gasteiger partial charge in [-0.3, -0.25) is 9.78 Å². The summed E-state index contributed by atoms with van der Waals surface area (Å²) >= 11 is 5.75. The summed E-state index contributed by atoms with van der Waals surface area (Å²) in [5.74, 6) is -0.262. The van der Waals surface area contributed by atoms with Crippen LogP contribution in [0.4, 0.5) is 5.69 Å². The number of hydrogen-bond donors (Lipinski definition) is 1. The molecule has 1 aromatic heterocycles. The number of anilines is 1. The first-order valence-electron chi connectivity index (χ1n) is 4.54. The fourth-order valence-corrected chi connectivity index (χ4v) is 1.48. The minimum absolute atomic E-state index is 0.261. The average molecular weight is 234 g/mol. The van der Waals surface area contributed by atoms with Gasteiger partial charge >= 0.3 is 0 Å². The SMILES string of the molecule is Nc1cc(Cl)ccc1C(=O)c1cnccn1. The first-order chi connectivity index (χ1) is 7.68. The van der Waals surface area contributed by atoms with Crippen LogP contribution in [0.3, 0.4) is 0 Å². The lowest BCUT2D eigenvalue weighted by molar-refractivity contribution is 0.103. The van der Waals surface area contributed by atoms with Crippen LogP contribution in [0, 0.1) is 0 Å². The van der Waals surface area contributed by atoms with Crippen LogP contribution in [0.2, 0.25) is 5.02 Å². The molecule has 0 aliphatic carbocycles. The number of nitrogens with two attached hydrogens (primary N) is 1. The van der Waals surface area contributed by atoms with Crippen molar-refractivity contribution in [3.8, 4) is 0 Å². The average Bonchev–Trinajstić information content (AvgIpc) is 2.29. The highest BCUT2D eigenvalue weighted by Gasteiger charge is 2.13. The number of benzene rings is 1. The van der Waals surface area contributed by atoms with Crippen molar-refractivity contribution >= 4 is 23.1 Å². The van der Waals surface area contributed by atoms with Gasteiger partial charge in [0.05, 0.1) is 6.20 Å². The molecular formula is C11H8ClN3O. The molecule has 0 saturated carbocycles. The van der Waals surface area contributed by atoms with Crippen LogP contribution in [0.1, 0.15) is 16.1 Å². The topological polar surface area (TPSA) is 68.9 Å². The smallest absolute Gasteiger partial charge is 0.214 e. The molecule has 2 N–H and O–H groups in total. The van der Waals surface area contributed by atoms with Crippen LogP contribution in [-0.2, 0) is 0 Å². The lowest BCUT2D eigenvalue weighted by Gasteiger charge is -2.03. The molecule has 0 bridgehead atoms. The third-order valence-corrected chi connectivity index (χ3v) is 2.29. The summed E-state index contributed by atoms with van der Waals surface area (Å²) in [7, 11) is 0. The van der Waals surface area contributed by atoms with Crippen molar-refractivity contribution in [3.05, 3.63) is 53.1 Å². The summed E-state index contributed by atoms with van der Waals surface area (Å²) < 4.78 is 0. The zero-order chi connectivity index (χ0) is 11.5. The minimum Gasteiger partial charge on any atom is -0.398 e. The zero-order valence-corrected chi connectivity index (χ0v) is 8.98. The van der Waals surface area contributed by atoms with E-state index < -0.39 is 0 Å². The Morgan fingerprint density at radius 2 is 2.12 bits per heavy atom. The van der Waals surface area contributed by atoms with Crippen LogP contribution in [-0.4, -0.2) is 15.8 Å². The Balaban J connectivity index is 2.42. The molecule has 4 nitrogen and oxygen atoms in total. The van der Waals surface area contributed by atoms with Crippen LogP contribution < -0.4 is 5.73 Å². The highest BCUT2D eigenvalue weighted by Crippen LogP contribution is 2.19. The second kappa shape index (κ2) is 4.28. The highest BCUT2D eigenvalue weighted by atomic mass is 35.5. The summed E-state index contributed by atoms with van der Waals surface area (Å²) in [6, 6.07) is 4.72. The number of carbonyl (C=O) groups is 1. The molecule has 0 atom stereocenters. The van der Waals surface area contributed by atoms with E-state index in [0.717, 1.165) is 0 Å². The fourth-order valence-electron chi connectivity index (χ4n) is 1.29. The van der Waals surface area contributed by atoms with E-state index in [-0.39, 0.29) is 11.5 Å². The van der Waals surface area contributed by atoms with E-state index in [2.05, 4.69) is 9.97 Å². The van der Waals surface area contributed by atoms with E-state index >= 15 is 0 Å². The molecule has 16 heavy (non-hydrogen) atoms. The van der Waals surface area contributed by atoms with Crippen molar-refractivity contribution in [2.75, 3.05) is 5.73 Å². The number of carbonyl (C=O) groups excluding carboxylic acids is 1. The third kappa shape index (κ3) is 2.01. The van der Waals surface area contributed by atoms with Crippen molar-refractivity contribution < 1.29 is 4.79 Å². The number of hydrogen-bond acceptors (Lipinski definition) is 4. The van der Waals surface area contributed by atoms with Crippen LogP contribution >= 0.6 is 11.6 Å². The number of rotatable bonds is 2. The molecule has 0 saturated heterocycles. The molecule has 80 valence electrons. The number of nitrogen functional groups attached to an aromatic ring is 1. The molecule has 5 heteroatoms. The van der Waals surface area contributed by atoms with Gasteiger partial charge in [-0.2, -0.15) is 0 Å². The predicted molar refractivity (Wildman–Crippen MR) is 61.3 cm³/mol. The van der Waals surface area contributed by atoms with Crippen molar-refractivity contribution in [1.29, 1.82) is 0 Å². The number of halogens is 1. The maximum atomic E-state index is 12.0. The van der Waals surface area contributed by atoms with Gasteiger partial charge in [-0.25, -0.2) is 4.98 Å². The van der Waals surface area contributed by atoms with Gasteiger partial charge in [0.1, 0.15) is 5.69 Å². The van der Waals surface area contributed by atoms with Crippen molar-refractivity contribution in [2.24, 2.45) is 0 Å². The van der Waals surface area contributed by atoms with Crippen molar-refractivity contribution in [2.45, 2.75) is 0 Å². The molecule has 0 amide bonds. The van der Waals surface area contributed by atoms with E-state index in [4.69, 9.17) is 17.3 Å². The Hall–Kier alpha value is -1.94. The Morgan fingerprint density at radius 1 is 1.31 bits per heavy atom. The molecule has 2 aromatic rings. The molecular weight excluding hydrogens is 226 g/mol. The first kappa shape index (κ1) is 10.6. The minimum atomic E-state index is -0.262. The predicted octanol–water partition coefficient (Wildman–Crippen LogP) is 1.94. The lowest BCUT2D eigenvalue weighted by atomic mass is 10.1. The molecule has 0 aliphatic heterocycles. The largest absolute Gasteiger partial charge is 0.398 e. The van der Waals surface area contributed by atoms with Gasteiger partial charge < -0.3 is 5.73 Å². The van der Waals surface area contributed by atoms with Crippen LogP contribution in [0.5, 0.6) is 0 Å². The van der Waals surface area contributed by atoms with Crippen molar-refractivity contribution in [3.63, 3.8) is 0 Å². The van der Waals surface area contributed by atoms with E-state index in [1.54, 1.807) is 12.1 Å². The molecule has 0 unspecified atom stereocenters. The van der Waals surface area contributed by atoms with E-state index in [1.165, 1.54) is 24.7 Å². The molecule has 2 rings (SSSR count). The van der Waals surface area contributed by atoms with Gasteiger partial charge in [0.25, 0.3) is 0 Å². The fraction of sp³-hybridized carbons (Fsp3) is 0. The van der Waals surface area contributed by atoms with Gasteiger partial charge in [0.2, 0.25) is 5.78 Å². The van der Waals surface area contributed by atoms with E-state index in [1.807, 2.05) is 0 Å². The van der Waals surface area contributed by atoms with E-state index in [9.17, 15) is 4.79 Å². The first-order valence-corrected chi connectivity index (χ1v) is 4.92. The summed E-state index contributed by atoms with van der Waals surface area (Å²) in [4.78, 5) is 19.7. The summed E-state index contributed by atoms with van der Waals surface area (Å²) in [5.41, 5.74) is 6.68. The number of nitrogens with zero attached hydrogens (tertiary/aromatic N) is 2. The number of ketones is 1. The lowest BCUT2D eigenvalue weighted by Crippen LogP contribution is -2.07. The summed E-state index contributed by atoms with van der Waals surface area (Å²) in [6.45, 7) is 0. The maximum absolute atomic E-state index is 12.0. The van der Waals surface area contributed by atoms with Crippen LogP contribution in [0.15, 0.2) is 36.8 Å². The normalized spacial score (nSPS) is 10.1. The zero-order valence-electron chi connectivity index (χ0n) is 8.22. The van der Waals surface area contributed by atoms with Gasteiger partial charge in [0, 0.05) is 28.7 Å². The van der Waals surface area contributed by atoms with Gasteiger partial charge in [-0.15, -0.1) is 0 Å². The molecule has 1 heterocycles. The third-order valence-electron chi connectivity index (χ3n) is 2.05. The molecule has 0 radical (unpaired) electrons. The standard InChI is InChI=1S/C11H8ClN3O/c12-7-1-2-8(9(13)5-7)11(16)10-6-14-3-4-15-10/h1-6H,13H2. The maximum Gasteiger partial charge on any atom is 0.214 e. The summed E-state index contributed by atoms with van der Waals surface area (Å²) in [5, 5.41) is 0.494. The number of aromatic nitrogens is 2. The Kier molecular flexibility index (Phi) is 2.83. The van der Waals surface area contributed by atoms with Gasteiger partial charge in [-0.05, 0) is 18.2 Å². The summed E-state index contributed by atoms with van der Waals surface area (Å²) in [6.07, 6.45) is 4.36. The second-order valence-electron chi connectivity index (χ2n) is 3.15.